The SMILES string of the molecule is C=CCNc1nnc(SC(C)C(=O)Nc2ccc([N+](=O)[O-])cc2Cl)s1. The summed E-state index contributed by atoms with van der Waals surface area (Å²) in [7, 11) is 0. The summed E-state index contributed by atoms with van der Waals surface area (Å²) in [6.07, 6.45) is 1.71. The summed E-state index contributed by atoms with van der Waals surface area (Å²) in [5, 5.41) is 24.6. The van der Waals surface area contributed by atoms with E-state index in [1.54, 1.807) is 13.0 Å². The zero-order valence-corrected chi connectivity index (χ0v) is 15.5. The molecular formula is C14H14ClN5O3S2. The molecule has 1 amide bonds. The van der Waals surface area contributed by atoms with Crippen LogP contribution in [-0.2, 0) is 4.79 Å². The van der Waals surface area contributed by atoms with Crippen LogP contribution in [0, 0.1) is 10.1 Å². The van der Waals surface area contributed by atoms with Crippen molar-refractivity contribution >= 4 is 57.1 Å². The molecule has 1 unspecified atom stereocenters. The van der Waals surface area contributed by atoms with Gasteiger partial charge in [0.2, 0.25) is 11.0 Å². The van der Waals surface area contributed by atoms with E-state index in [1.165, 1.54) is 41.3 Å². The molecule has 8 nitrogen and oxygen atoms in total. The third-order valence-corrected chi connectivity index (χ3v) is 5.25. The lowest BCUT2D eigenvalue weighted by Crippen LogP contribution is -2.22. The van der Waals surface area contributed by atoms with Gasteiger partial charge in [0.05, 0.1) is 20.9 Å². The minimum Gasteiger partial charge on any atom is -0.357 e. The van der Waals surface area contributed by atoms with Gasteiger partial charge in [0.1, 0.15) is 0 Å². The van der Waals surface area contributed by atoms with Crippen LogP contribution in [0.1, 0.15) is 6.92 Å². The minimum atomic E-state index is -0.552. The van der Waals surface area contributed by atoms with E-state index >= 15 is 0 Å². The molecule has 0 spiro atoms. The summed E-state index contributed by atoms with van der Waals surface area (Å²) >= 11 is 8.56. The maximum absolute atomic E-state index is 12.3. The largest absolute Gasteiger partial charge is 0.357 e. The highest BCUT2D eigenvalue weighted by Crippen LogP contribution is 2.31. The highest BCUT2D eigenvalue weighted by molar-refractivity contribution is 8.02. The van der Waals surface area contributed by atoms with Crippen LogP contribution in [0.25, 0.3) is 0 Å². The van der Waals surface area contributed by atoms with Crippen molar-refractivity contribution < 1.29 is 9.72 Å². The number of halogens is 1. The van der Waals surface area contributed by atoms with Crippen molar-refractivity contribution in [3.63, 3.8) is 0 Å². The van der Waals surface area contributed by atoms with Gasteiger partial charge in [-0.2, -0.15) is 0 Å². The van der Waals surface area contributed by atoms with Crippen molar-refractivity contribution in [2.45, 2.75) is 16.5 Å². The van der Waals surface area contributed by atoms with E-state index < -0.39 is 10.2 Å². The number of nitro groups is 1. The van der Waals surface area contributed by atoms with Crippen molar-refractivity contribution in [2.75, 3.05) is 17.2 Å². The average Bonchev–Trinajstić information content (AvgIpc) is 3.01. The number of amides is 1. The number of nitrogens with zero attached hydrogens (tertiary/aromatic N) is 3. The molecule has 0 saturated heterocycles. The van der Waals surface area contributed by atoms with Crippen molar-refractivity contribution in [3.05, 3.63) is 46.0 Å². The number of rotatable bonds is 8. The van der Waals surface area contributed by atoms with E-state index in [4.69, 9.17) is 11.6 Å². The molecule has 0 radical (unpaired) electrons. The molecule has 0 aliphatic carbocycles. The summed E-state index contributed by atoms with van der Waals surface area (Å²) < 4.78 is 0.643. The Morgan fingerprint density at radius 1 is 1.56 bits per heavy atom. The van der Waals surface area contributed by atoms with Crippen LogP contribution in [0.15, 0.2) is 35.2 Å². The Bertz CT molecular complexity index is 799. The van der Waals surface area contributed by atoms with Gasteiger partial charge in [-0.1, -0.05) is 40.8 Å². The number of hydrogen-bond acceptors (Lipinski definition) is 8. The molecule has 2 N–H and O–H groups in total. The summed E-state index contributed by atoms with van der Waals surface area (Å²) in [5.74, 6) is -0.295. The first-order chi connectivity index (χ1) is 11.9. The fourth-order valence-electron chi connectivity index (χ4n) is 1.65. The maximum Gasteiger partial charge on any atom is 0.271 e. The summed E-state index contributed by atoms with van der Waals surface area (Å²) in [4.78, 5) is 22.4. The molecule has 25 heavy (non-hydrogen) atoms. The number of aromatic nitrogens is 2. The molecule has 132 valence electrons. The summed E-state index contributed by atoms with van der Waals surface area (Å²) in [6, 6.07) is 3.87. The smallest absolute Gasteiger partial charge is 0.271 e. The lowest BCUT2D eigenvalue weighted by atomic mass is 10.2. The van der Waals surface area contributed by atoms with Crippen LogP contribution in [0.2, 0.25) is 5.02 Å². The van der Waals surface area contributed by atoms with E-state index in [0.717, 1.165) is 0 Å². The highest BCUT2D eigenvalue weighted by Gasteiger charge is 2.19. The zero-order chi connectivity index (χ0) is 18.4. The van der Waals surface area contributed by atoms with E-state index in [1.807, 2.05) is 0 Å². The molecule has 1 atom stereocenters. The third-order valence-electron chi connectivity index (χ3n) is 2.87. The van der Waals surface area contributed by atoms with E-state index in [-0.39, 0.29) is 16.6 Å². The number of benzene rings is 1. The molecular weight excluding hydrogens is 386 g/mol. The standard InChI is InChI=1S/C14H14ClN5O3S2/c1-3-6-16-13-18-19-14(25-13)24-8(2)12(21)17-11-5-4-9(20(22)23)7-10(11)15/h3-5,7-8H,1,6H2,2H3,(H,16,18)(H,17,21). The summed E-state index contributed by atoms with van der Waals surface area (Å²) in [6.45, 7) is 5.90. The molecule has 0 aliphatic heterocycles. The fraction of sp³-hybridized carbons (Fsp3) is 0.214. The second kappa shape index (κ2) is 8.79. The highest BCUT2D eigenvalue weighted by atomic mass is 35.5. The first kappa shape index (κ1) is 19.2. The lowest BCUT2D eigenvalue weighted by molar-refractivity contribution is -0.384. The van der Waals surface area contributed by atoms with Gasteiger partial charge in [-0.05, 0) is 13.0 Å². The number of non-ortho nitro benzene ring substituents is 1. The molecule has 0 aliphatic rings. The van der Waals surface area contributed by atoms with Gasteiger partial charge in [0, 0.05) is 18.7 Å². The normalized spacial score (nSPS) is 11.6. The van der Waals surface area contributed by atoms with E-state index in [2.05, 4.69) is 27.4 Å². The monoisotopic (exact) mass is 399 g/mol. The first-order valence-corrected chi connectivity index (χ1v) is 9.08. The molecule has 0 bridgehead atoms. The number of hydrogen-bond donors (Lipinski definition) is 2. The number of nitro benzene ring substituents is 1. The van der Waals surface area contributed by atoms with Gasteiger partial charge in [-0.3, -0.25) is 14.9 Å². The quantitative estimate of drug-likeness (QED) is 0.300. The third kappa shape index (κ3) is 5.41. The second-order valence-electron chi connectivity index (χ2n) is 4.71. The van der Waals surface area contributed by atoms with Crippen LogP contribution >= 0.6 is 34.7 Å². The number of carbonyl (C=O) groups excluding carboxylic acids is 1. The Labute approximate surface area is 156 Å². The molecule has 2 rings (SSSR count). The molecule has 2 aromatic rings. The lowest BCUT2D eigenvalue weighted by Gasteiger charge is -2.11. The zero-order valence-electron chi connectivity index (χ0n) is 13.1. The van der Waals surface area contributed by atoms with Crippen LogP contribution < -0.4 is 10.6 Å². The topological polar surface area (TPSA) is 110 Å². The van der Waals surface area contributed by atoms with Crippen molar-refractivity contribution in [2.24, 2.45) is 0 Å². The molecule has 1 aromatic heterocycles. The number of anilines is 2. The number of thioether (sulfide) groups is 1. The number of nitrogens with one attached hydrogen (secondary N) is 2. The molecule has 0 fully saturated rings. The first-order valence-electron chi connectivity index (χ1n) is 7.00. The second-order valence-corrected chi connectivity index (χ2v) is 7.69. The minimum absolute atomic E-state index is 0.103. The molecule has 0 saturated carbocycles. The average molecular weight is 400 g/mol. The molecule has 11 heteroatoms. The van der Waals surface area contributed by atoms with Crippen molar-refractivity contribution in [1.82, 2.24) is 10.2 Å². The van der Waals surface area contributed by atoms with Gasteiger partial charge in [-0.25, -0.2) is 0 Å². The van der Waals surface area contributed by atoms with Crippen LogP contribution in [-0.4, -0.2) is 32.8 Å². The van der Waals surface area contributed by atoms with Gasteiger partial charge in [0.25, 0.3) is 5.69 Å². The maximum atomic E-state index is 12.3. The van der Waals surface area contributed by atoms with Crippen LogP contribution in [0.5, 0.6) is 0 Å². The molecule has 1 heterocycles. The van der Waals surface area contributed by atoms with Crippen molar-refractivity contribution in [1.29, 1.82) is 0 Å². The Kier molecular flexibility index (Phi) is 6.73. The summed E-state index contributed by atoms with van der Waals surface area (Å²) in [5.41, 5.74) is 0.175. The van der Waals surface area contributed by atoms with Gasteiger partial charge >= 0.3 is 0 Å². The van der Waals surface area contributed by atoms with Gasteiger partial charge in [0.15, 0.2) is 4.34 Å². The van der Waals surface area contributed by atoms with E-state index in [9.17, 15) is 14.9 Å². The van der Waals surface area contributed by atoms with Crippen LogP contribution in [0.3, 0.4) is 0 Å². The predicted molar refractivity (Wildman–Crippen MR) is 101 cm³/mol. The Balaban J connectivity index is 1.97. The Morgan fingerprint density at radius 3 is 2.96 bits per heavy atom. The van der Waals surface area contributed by atoms with Gasteiger partial charge in [-0.15, -0.1) is 16.8 Å². The number of carbonyl (C=O) groups is 1. The fourth-order valence-corrected chi connectivity index (χ4v) is 3.77. The predicted octanol–water partition coefficient (Wildman–Crippen LogP) is 3.82. The Hall–Kier alpha value is -2.17. The van der Waals surface area contributed by atoms with Crippen molar-refractivity contribution in [3.8, 4) is 0 Å². The molecule has 1 aromatic carbocycles. The van der Waals surface area contributed by atoms with Crippen LogP contribution in [0.4, 0.5) is 16.5 Å². The van der Waals surface area contributed by atoms with E-state index in [0.29, 0.717) is 21.7 Å². The Morgan fingerprint density at radius 2 is 2.32 bits per heavy atom. The van der Waals surface area contributed by atoms with Gasteiger partial charge < -0.3 is 10.6 Å².